The summed E-state index contributed by atoms with van der Waals surface area (Å²) >= 11 is 6.26. The van der Waals surface area contributed by atoms with Gasteiger partial charge in [-0.05, 0) is 29.8 Å². The summed E-state index contributed by atoms with van der Waals surface area (Å²) in [7, 11) is 0. The molecule has 0 unspecified atom stereocenters. The fourth-order valence-corrected chi connectivity index (χ4v) is 3.70. The second-order valence-corrected chi connectivity index (χ2v) is 7.44. The number of piperazine rings is 1. The summed E-state index contributed by atoms with van der Waals surface area (Å²) in [6.45, 7) is 6.54. The minimum Gasteiger partial charge on any atom is -0.454 e. The summed E-state index contributed by atoms with van der Waals surface area (Å²) in [4.78, 5) is 17.1. The number of amides is 1. The van der Waals surface area contributed by atoms with Gasteiger partial charge >= 0.3 is 0 Å². The number of nitrogens with one attached hydrogen (secondary N) is 1. The van der Waals surface area contributed by atoms with Crippen molar-refractivity contribution in [3.8, 4) is 11.5 Å². The number of carbonyl (C=O) groups excluding carboxylic acids is 1. The molecule has 2 heterocycles. The van der Waals surface area contributed by atoms with Gasteiger partial charge in [0.1, 0.15) is 0 Å². The van der Waals surface area contributed by atoms with E-state index in [9.17, 15) is 4.79 Å². The van der Waals surface area contributed by atoms with Gasteiger partial charge < -0.3 is 14.8 Å². The molecule has 2 aromatic carbocycles. The third-order valence-corrected chi connectivity index (χ3v) is 5.53. The number of fused-ring (bicyclic) bond motifs is 1. The van der Waals surface area contributed by atoms with Gasteiger partial charge in [0.2, 0.25) is 6.79 Å². The van der Waals surface area contributed by atoms with Crippen LogP contribution in [0.25, 0.3) is 0 Å². The van der Waals surface area contributed by atoms with Gasteiger partial charge in [0.05, 0.1) is 0 Å². The first-order valence-electron chi connectivity index (χ1n) is 9.55. The third kappa shape index (κ3) is 4.58. The number of benzene rings is 2. The van der Waals surface area contributed by atoms with Gasteiger partial charge in [0.25, 0.3) is 5.91 Å². The fraction of sp³-hybridized carbons (Fsp3) is 0.381. The predicted octanol–water partition coefficient (Wildman–Crippen LogP) is 2.62. The van der Waals surface area contributed by atoms with Crippen LogP contribution in [0.1, 0.15) is 15.9 Å². The topological polar surface area (TPSA) is 54.0 Å². The molecule has 1 saturated heterocycles. The second-order valence-electron chi connectivity index (χ2n) is 7.03. The lowest BCUT2D eigenvalue weighted by Gasteiger charge is -2.34. The van der Waals surface area contributed by atoms with Crippen LogP contribution >= 0.6 is 11.6 Å². The Labute approximate surface area is 170 Å². The maximum absolute atomic E-state index is 12.3. The van der Waals surface area contributed by atoms with Crippen LogP contribution in [0.4, 0.5) is 0 Å². The van der Waals surface area contributed by atoms with Crippen LogP contribution in [0, 0.1) is 0 Å². The summed E-state index contributed by atoms with van der Waals surface area (Å²) in [6, 6.07) is 13.3. The lowest BCUT2D eigenvalue weighted by atomic mass is 10.2. The van der Waals surface area contributed by atoms with E-state index in [-0.39, 0.29) is 12.7 Å². The number of carbonyl (C=O) groups is 1. The zero-order valence-electron chi connectivity index (χ0n) is 15.7. The largest absolute Gasteiger partial charge is 0.454 e. The molecule has 0 atom stereocenters. The van der Waals surface area contributed by atoms with Crippen LogP contribution in [0.2, 0.25) is 5.02 Å². The van der Waals surface area contributed by atoms with E-state index in [0.29, 0.717) is 23.6 Å². The Kier molecular flexibility index (Phi) is 6.00. The highest BCUT2D eigenvalue weighted by Crippen LogP contribution is 2.32. The molecule has 0 aromatic heterocycles. The normalized spacial score (nSPS) is 16.9. The summed E-state index contributed by atoms with van der Waals surface area (Å²) in [5.74, 6) is 1.23. The van der Waals surface area contributed by atoms with Crippen LogP contribution < -0.4 is 14.8 Å². The molecule has 28 heavy (non-hydrogen) atoms. The molecule has 1 amide bonds. The molecule has 0 saturated carbocycles. The average molecular weight is 402 g/mol. The molecule has 0 spiro atoms. The molecule has 1 fully saturated rings. The van der Waals surface area contributed by atoms with Crippen molar-refractivity contribution in [2.24, 2.45) is 0 Å². The second kappa shape index (κ2) is 8.82. The van der Waals surface area contributed by atoms with Gasteiger partial charge in [-0.25, -0.2) is 0 Å². The first-order chi connectivity index (χ1) is 13.7. The summed E-state index contributed by atoms with van der Waals surface area (Å²) in [6.07, 6.45) is 0. The number of hydrogen-bond donors (Lipinski definition) is 1. The van der Waals surface area contributed by atoms with E-state index in [0.717, 1.165) is 44.3 Å². The van der Waals surface area contributed by atoms with E-state index in [4.69, 9.17) is 21.1 Å². The zero-order valence-corrected chi connectivity index (χ0v) is 16.5. The van der Waals surface area contributed by atoms with Crippen LogP contribution in [-0.2, 0) is 6.54 Å². The van der Waals surface area contributed by atoms with Crippen LogP contribution in [-0.4, -0.2) is 61.8 Å². The van der Waals surface area contributed by atoms with Crippen molar-refractivity contribution in [2.75, 3.05) is 46.1 Å². The van der Waals surface area contributed by atoms with Crippen LogP contribution in [0.3, 0.4) is 0 Å². The van der Waals surface area contributed by atoms with E-state index >= 15 is 0 Å². The molecule has 2 aromatic rings. The highest BCUT2D eigenvalue weighted by molar-refractivity contribution is 6.31. The van der Waals surface area contributed by atoms with E-state index in [1.807, 2.05) is 18.2 Å². The van der Waals surface area contributed by atoms with Crippen molar-refractivity contribution in [3.63, 3.8) is 0 Å². The summed E-state index contributed by atoms with van der Waals surface area (Å²) in [5.41, 5.74) is 1.77. The number of rotatable bonds is 6. The minimum absolute atomic E-state index is 0.0874. The van der Waals surface area contributed by atoms with Gasteiger partial charge in [-0.3, -0.25) is 14.6 Å². The molecule has 2 aliphatic heterocycles. The average Bonchev–Trinajstić information content (AvgIpc) is 3.19. The van der Waals surface area contributed by atoms with Crippen LogP contribution in [0.15, 0.2) is 42.5 Å². The molecular weight excluding hydrogens is 378 g/mol. The van der Waals surface area contributed by atoms with Crippen molar-refractivity contribution in [3.05, 3.63) is 58.6 Å². The minimum atomic E-state index is -0.0874. The van der Waals surface area contributed by atoms with Crippen molar-refractivity contribution < 1.29 is 14.3 Å². The van der Waals surface area contributed by atoms with Crippen LogP contribution in [0.5, 0.6) is 11.5 Å². The lowest BCUT2D eigenvalue weighted by molar-refractivity contribution is 0.0933. The first-order valence-corrected chi connectivity index (χ1v) is 9.93. The van der Waals surface area contributed by atoms with E-state index in [1.165, 1.54) is 5.56 Å². The Balaban J connectivity index is 1.18. The fourth-order valence-electron chi connectivity index (χ4n) is 3.51. The Morgan fingerprint density at radius 3 is 2.57 bits per heavy atom. The summed E-state index contributed by atoms with van der Waals surface area (Å²) in [5, 5.41) is 3.82. The predicted molar refractivity (Wildman–Crippen MR) is 108 cm³/mol. The highest BCUT2D eigenvalue weighted by Gasteiger charge is 2.19. The molecule has 2 aliphatic rings. The number of halogens is 1. The SMILES string of the molecule is O=C(NCCN1CCN(Cc2ccccc2Cl)CC1)c1ccc2c(c1)OCO2. The molecule has 0 aliphatic carbocycles. The summed E-state index contributed by atoms with van der Waals surface area (Å²) < 4.78 is 10.6. The molecular formula is C21H24ClN3O3. The smallest absolute Gasteiger partial charge is 0.251 e. The van der Waals surface area contributed by atoms with E-state index < -0.39 is 0 Å². The van der Waals surface area contributed by atoms with Gasteiger partial charge in [-0.1, -0.05) is 29.8 Å². The monoisotopic (exact) mass is 401 g/mol. The van der Waals surface area contributed by atoms with E-state index in [2.05, 4.69) is 21.2 Å². The number of hydrogen-bond acceptors (Lipinski definition) is 5. The standard InChI is InChI=1S/C21H24ClN3O3/c22-18-4-2-1-3-17(18)14-25-11-9-24(10-12-25)8-7-23-21(26)16-5-6-19-20(13-16)28-15-27-19/h1-6,13H,7-12,14-15H2,(H,23,26). The van der Waals surface area contributed by atoms with Gasteiger partial charge in [0, 0.05) is 56.4 Å². The molecule has 6 nitrogen and oxygen atoms in total. The van der Waals surface area contributed by atoms with Gasteiger partial charge in [0.15, 0.2) is 11.5 Å². The zero-order chi connectivity index (χ0) is 19.3. The van der Waals surface area contributed by atoms with Crippen molar-refractivity contribution in [2.45, 2.75) is 6.54 Å². The molecule has 148 valence electrons. The molecule has 0 radical (unpaired) electrons. The first kappa shape index (κ1) is 19.1. The van der Waals surface area contributed by atoms with Crippen molar-refractivity contribution in [1.82, 2.24) is 15.1 Å². The maximum Gasteiger partial charge on any atom is 0.251 e. The maximum atomic E-state index is 12.3. The lowest BCUT2D eigenvalue weighted by Crippen LogP contribution is -2.48. The third-order valence-electron chi connectivity index (χ3n) is 5.17. The number of nitrogens with zero attached hydrogens (tertiary/aromatic N) is 2. The van der Waals surface area contributed by atoms with Gasteiger partial charge in [-0.2, -0.15) is 0 Å². The number of ether oxygens (including phenoxy) is 2. The Morgan fingerprint density at radius 2 is 1.75 bits per heavy atom. The quantitative estimate of drug-likeness (QED) is 0.806. The molecule has 4 rings (SSSR count). The Morgan fingerprint density at radius 1 is 1.00 bits per heavy atom. The Bertz CT molecular complexity index is 837. The molecule has 7 heteroatoms. The highest BCUT2D eigenvalue weighted by atomic mass is 35.5. The van der Waals surface area contributed by atoms with Crippen molar-refractivity contribution in [1.29, 1.82) is 0 Å². The van der Waals surface area contributed by atoms with Gasteiger partial charge in [-0.15, -0.1) is 0 Å². The molecule has 0 bridgehead atoms. The van der Waals surface area contributed by atoms with Crippen molar-refractivity contribution >= 4 is 17.5 Å². The Hall–Kier alpha value is -2.28. The van der Waals surface area contributed by atoms with E-state index in [1.54, 1.807) is 18.2 Å². The molecule has 1 N–H and O–H groups in total.